The highest BCUT2D eigenvalue weighted by Crippen LogP contribution is 2.35. The molecule has 1 aromatic carbocycles. The van der Waals surface area contributed by atoms with Gasteiger partial charge >= 0.3 is 12.1 Å². The predicted molar refractivity (Wildman–Crippen MR) is 116 cm³/mol. The lowest BCUT2D eigenvalue weighted by Gasteiger charge is -2.27. The minimum absolute atomic E-state index is 0.101. The molecule has 0 aliphatic carbocycles. The van der Waals surface area contributed by atoms with Crippen molar-refractivity contribution in [2.75, 3.05) is 6.54 Å². The SMILES string of the molecule is CC(C)(C)OC(=O)N1C[C@@H](NC(=O)c2ccc(C(N)=O)cc2)C[C@H]1c1nc(C(=O)O)cs1. The van der Waals surface area contributed by atoms with Gasteiger partial charge in [0.15, 0.2) is 5.69 Å². The summed E-state index contributed by atoms with van der Waals surface area (Å²) in [6, 6.07) is 4.97. The molecule has 0 bridgehead atoms. The Bertz CT molecular complexity index is 1040. The number of hydrogen-bond acceptors (Lipinski definition) is 7. The van der Waals surface area contributed by atoms with Gasteiger partial charge in [-0.15, -0.1) is 11.3 Å². The van der Waals surface area contributed by atoms with E-state index < -0.39 is 35.7 Å². The van der Waals surface area contributed by atoms with Crippen molar-refractivity contribution in [3.63, 3.8) is 0 Å². The van der Waals surface area contributed by atoms with Crippen molar-refractivity contribution in [1.82, 2.24) is 15.2 Å². The first-order valence-electron chi connectivity index (χ1n) is 9.83. The lowest BCUT2D eigenvalue weighted by Crippen LogP contribution is -2.40. The van der Waals surface area contributed by atoms with Crippen LogP contribution in [-0.2, 0) is 4.74 Å². The summed E-state index contributed by atoms with van der Waals surface area (Å²) in [6.07, 6.45) is -0.228. The van der Waals surface area contributed by atoms with E-state index in [-0.39, 0.29) is 23.7 Å². The van der Waals surface area contributed by atoms with Crippen LogP contribution < -0.4 is 11.1 Å². The number of nitrogens with two attached hydrogens (primary N) is 1. The first kappa shape index (κ1) is 23.2. The monoisotopic (exact) mass is 460 g/mol. The fraction of sp³-hybridized carbons (Fsp3) is 0.381. The largest absolute Gasteiger partial charge is 0.476 e. The number of amides is 3. The second kappa shape index (κ2) is 8.95. The maximum atomic E-state index is 12.8. The standard InChI is InChI=1S/C21H24N4O6S/c1-21(2,3)31-20(30)25-9-13(8-15(25)18-24-14(10-32-18)19(28)29)23-17(27)12-6-4-11(5-7-12)16(22)26/h4-7,10,13,15H,8-9H2,1-3H3,(H2,22,26)(H,23,27)(H,28,29)/t13-,15-/m0/s1. The van der Waals surface area contributed by atoms with Crippen LogP contribution in [0.2, 0.25) is 0 Å². The molecule has 0 unspecified atom stereocenters. The Balaban J connectivity index is 1.78. The smallest absolute Gasteiger partial charge is 0.410 e. The van der Waals surface area contributed by atoms with Crippen molar-refractivity contribution in [2.45, 2.75) is 44.9 Å². The van der Waals surface area contributed by atoms with Crippen LogP contribution in [0.4, 0.5) is 4.79 Å². The van der Waals surface area contributed by atoms with Crippen molar-refractivity contribution in [2.24, 2.45) is 5.73 Å². The Kier molecular flexibility index (Phi) is 6.49. The zero-order chi connectivity index (χ0) is 23.6. The molecule has 170 valence electrons. The molecule has 10 nitrogen and oxygen atoms in total. The zero-order valence-electron chi connectivity index (χ0n) is 17.8. The summed E-state index contributed by atoms with van der Waals surface area (Å²) in [5, 5.41) is 13.9. The molecule has 4 N–H and O–H groups in total. The molecule has 1 aromatic heterocycles. The van der Waals surface area contributed by atoms with Gasteiger partial charge in [0.25, 0.3) is 5.91 Å². The third-order valence-corrected chi connectivity index (χ3v) is 5.67. The van der Waals surface area contributed by atoms with Crippen LogP contribution in [0, 0.1) is 0 Å². The molecule has 2 heterocycles. The highest BCUT2D eigenvalue weighted by molar-refractivity contribution is 7.09. The van der Waals surface area contributed by atoms with Crippen molar-refractivity contribution in [1.29, 1.82) is 0 Å². The Labute approximate surface area is 188 Å². The highest BCUT2D eigenvalue weighted by atomic mass is 32.1. The number of carbonyl (C=O) groups excluding carboxylic acids is 3. The molecule has 2 aromatic rings. The van der Waals surface area contributed by atoms with Gasteiger partial charge in [0.1, 0.15) is 10.6 Å². The second-order valence-corrected chi connectivity index (χ2v) is 9.26. The topological polar surface area (TPSA) is 152 Å². The molecule has 1 aliphatic rings. The lowest BCUT2D eigenvalue weighted by atomic mass is 10.1. The summed E-state index contributed by atoms with van der Waals surface area (Å²) in [5.41, 5.74) is 5.02. The van der Waals surface area contributed by atoms with Gasteiger partial charge in [-0.3, -0.25) is 14.5 Å². The predicted octanol–water partition coefficient (Wildman–Crippen LogP) is 2.42. The Morgan fingerprint density at radius 1 is 1.19 bits per heavy atom. The highest BCUT2D eigenvalue weighted by Gasteiger charge is 2.40. The van der Waals surface area contributed by atoms with E-state index >= 15 is 0 Å². The molecule has 32 heavy (non-hydrogen) atoms. The number of thiazole rings is 1. The number of nitrogens with zero attached hydrogens (tertiary/aromatic N) is 2. The Hall–Kier alpha value is -3.47. The lowest BCUT2D eigenvalue weighted by molar-refractivity contribution is 0.0220. The van der Waals surface area contributed by atoms with Crippen molar-refractivity contribution in [3.05, 3.63) is 51.5 Å². The van der Waals surface area contributed by atoms with Gasteiger partial charge in [-0.25, -0.2) is 14.6 Å². The third kappa shape index (κ3) is 5.41. The van der Waals surface area contributed by atoms with Crippen molar-refractivity contribution in [3.8, 4) is 0 Å². The third-order valence-electron chi connectivity index (χ3n) is 4.72. The molecule has 1 fully saturated rings. The summed E-state index contributed by atoms with van der Waals surface area (Å²) in [5.74, 6) is -2.12. The maximum Gasteiger partial charge on any atom is 0.410 e. The number of aromatic nitrogens is 1. The van der Waals surface area contributed by atoms with E-state index in [2.05, 4.69) is 10.3 Å². The van der Waals surface area contributed by atoms with E-state index in [4.69, 9.17) is 10.5 Å². The molecule has 1 aliphatic heterocycles. The van der Waals surface area contributed by atoms with Crippen LogP contribution in [-0.4, -0.2) is 57.1 Å². The molecule has 3 rings (SSSR count). The quantitative estimate of drug-likeness (QED) is 0.619. The number of carboxylic acids is 1. The van der Waals surface area contributed by atoms with Gasteiger partial charge in [0.2, 0.25) is 5.91 Å². The average Bonchev–Trinajstić information content (AvgIpc) is 3.34. The maximum absolute atomic E-state index is 12.8. The number of likely N-dealkylation sites (tertiary alicyclic amines) is 1. The molecular weight excluding hydrogens is 436 g/mol. The van der Waals surface area contributed by atoms with E-state index in [1.165, 1.54) is 34.5 Å². The number of rotatable bonds is 5. The number of ether oxygens (including phenoxy) is 1. The van der Waals surface area contributed by atoms with Crippen LogP contribution in [0.25, 0.3) is 0 Å². The molecule has 2 atom stereocenters. The summed E-state index contributed by atoms with van der Waals surface area (Å²) in [4.78, 5) is 53.5. The Morgan fingerprint density at radius 2 is 1.81 bits per heavy atom. The minimum atomic E-state index is -1.15. The summed E-state index contributed by atoms with van der Waals surface area (Å²) in [7, 11) is 0. The average molecular weight is 461 g/mol. The number of carbonyl (C=O) groups is 4. The van der Waals surface area contributed by atoms with Crippen LogP contribution in [0.1, 0.15) is 69.4 Å². The summed E-state index contributed by atoms with van der Waals surface area (Å²) >= 11 is 1.14. The number of primary amides is 1. The first-order chi connectivity index (χ1) is 14.9. The molecule has 11 heteroatoms. The molecule has 0 radical (unpaired) electrons. The van der Waals surface area contributed by atoms with E-state index in [0.29, 0.717) is 17.0 Å². The number of hydrogen-bond donors (Lipinski definition) is 3. The van der Waals surface area contributed by atoms with Gasteiger partial charge < -0.3 is 20.9 Å². The van der Waals surface area contributed by atoms with Crippen molar-refractivity contribution < 1.29 is 29.0 Å². The number of benzene rings is 1. The summed E-state index contributed by atoms with van der Waals surface area (Å²) < 4.78 is 5.49. The van der Waals surface area contributed by atoms with Crippen LogP contribution in [0.5, 0.6) is 0 Å². The minimum Gasteiger partial charge on any atom is -0.476 e. The fourth-order valence-corrected chi connectivity index (χ4v) is 4.21. The molecule has 0 saturated carbocycles. The van der Waals surface area contributed by atoms with Crippen LogP contribution in [0.15, 0.2) is 29.6 Å². The number of carboxylic acid groups (broad SMARTS) is 1. The van der Waals surface area contributed by atoms with Crippen LogP contribution >= 0.6 is 11.3 Å². The van der Waals surface area contributed by atoms with Gasteiger partial charge in [-0.2, -0.15) is 0 Å². The van der Waals surface area contributed by atoms with E-state index in [9.17, 15) is 24.3 Å². The van der Waals surface area contributed by atoms with Gasteiger partial charge in [0, 0.05) is 29.1 Å². The van der Waals surface area contributed by atoms with Gasteiger partial charge in [0.05, 0.1) is 6.04 Å². The first-order valence-corrected chi connectivity index (χ1v) is 10.7. The molecular formula is C21H24N4O6S. The van der Waals surface area contributed by atoms with Crippen molar-refractivity contribution >= 4 is 35.2 Å². The van der Waals surface area contributed by atoms with E-state index in [1.54, 1.807) is 20.8 Å². The van der Waals surface area contributed by atoms with Crippen LogP contribution in [0.3, 0.4) is 0 Å². The number of aromatic carboxylic acids is 1. The van der Waals surface area contributed by atoms with Gasteiger partial charge in [-0.1, -0.05) is 0 Å². The second-order valence-electron chi connectivity index (χ2n) is 8.37. The summed E-state index contributed by atoms with van der Waals surface area (Å²) in [6.45, 7) is 5.41. The van der Waals surface area contributed by atoms with E-state index in [0.717, 1.165) is 11.3 Å². The number of nitrogens with one attached hydrogen (secondary N) is 1. The Morgan fingerprint density at radius 3 is 2.34 bits per heavy atom. The molecule has 1 saturated heterocycles. The fourth-order valence-electron chi connectivity index (χ4n) is 3.29. The molecule has 3 amide bonds. The van der Waals surface area contributed by atoms with E-state index in [1.807, 2.05) is 0 Å². The normalized spacial score (nSPS) is 18.3. The van der Waals surface area contributed by atoms with Gasteiger partial charge in [-0.05, 0) is 51.5 Å². The molecule has 0 spiro atoms. The zero-order valence-corrected chi connectivity index (χ0v) is 18.6.